The van der Waals surface area contributed by atoms with Gasteiger partial charge < -0.3 is 14.5 Å². The number of aromatic nitrogens is 1. The monoisotopic (exact) mass is 353 g/mol. The minimum atomic E-state index is -0.243. The fourth-order valence-electron chi connectivity index (χ4n) is 3.54. The van der Waals surface area contributed by atoms with E-state index in [1.807, 2.05) is 60.4 Å². The van der Waals surface area contributed by atoms with Gasteiger partial charge in [-0.3, -0.25) is 0 Å². The summed E-state index contributed by atoms with van der Waals surface area (Å²) in [6.45, 7) is 3.10. The number of nitrogens with zero attached hydrogens (tertiary/aromatic N) is 3. The number of likely N-dealkylation sites (tertiary alicyclic amines) is 1. The maximum Gasteiger partial charge on any atom is 0.410 e. The number of ether oxygens (including phenoxy) is 1. The van der Waals surface area contributed by atoms with Gasteiger partial charge in [0.25, 0.3) is 0 Å². The van der Waals surface area contributed by atoms with Gasteiger partial charge in [0.05, 0.1) is 6.04 Å². The van der Waals surface area contributed by atoms with Gasteiger partial charge in [-0.25, -0.2) is 9.78 Å². The van der Waals surface area contributed by atoms with Gasteiger partial charge in [-0.15, -0.1) is 0 Å². The molecule has 1 amide bonds. The smallest absolute Gasteiger partial charge is 0.410 e. The number of aryl methyl sites for hydroxylation is 1. The Morgan fingerprint density at radius 3 is 2.73 bits per heavy atom. The Morgan fingerprint density at radius 2 is 2.04 bits per heavy atom. The Hall–Kier alpha value is -2.56. The number of amides is 1. The van der Waals surface area contributed by atoms with E-state index in [0.29, 0.717) is 6.61 Å². The topological polar surface area (TPSA) is 45.7 Å². The molecule has 1 fully saturated rings. The molecule has 0 bridgehead atoms. The molecule has 0 radical (unpaired) electrons. The molecule has 3 rings (SSSR count). The average molecular weight is 353 g/mol. The lowest BCUT2D eigenvalue weighted by Crippen LogP contribution is -2.39. The molecule has 0 unspecified atom stereocenters. The van der Waals surface area contributed by atoms with Crippen molar-refractivity contribution in [3.05, 3.63) is 59.3 Å². The zero-order chi connectivity index (χ0) is 18.5. The van der Waals surface area contributed by atoms with Crippen molar-refractivity contribution in [1.29, 1.82) is 0 Å². The van der Waals surface area contributed by atoms with Crippen LogP contribution in [0.25, 0.3) is 0 Å². The number of carbonyl (C=O) groups excluding carboxylic acids is 1. The van der Waals surface area contributed by atoms with Crippen molar-refractivity contribution in [2.24, 2.45) is 0 Å². The molecule has 2 aromatic rings. The molecule has 1 aromatic carbocycles. The quantitative estimate of drug-likeness (QED) is 0.821. The first-order valence-corrected chi connectivity index (χ1v) is 9.17. The van der Waals surface area contributed by atoms with Crippen LogP contribution in [0.15, 0.2) is 42.6 Å². The van der Waals surface area contributed by atoms with Crippen LogP contribution in [0.3, 0.4) is 0 Å². The summed E-state index contributed by atoms with van der Waals surface area (Å²) in [5, 5.41) is 0. The van der Waals surface area contributed by atoms with Crippen LogP contribution in [0.5, 0.6) is 0 Å². The first-order valence-electron chi connectivity index (χ1n) is 9.17. The van der Waals surface area contributed by atoms with Gasteiger partial charge in [-0.05, 0) is 48.9 Å². The molecule has 1 saturated heterocycles. The summed E-state index contributed by atoms with van der Waals surface area (Å²) in [7, 11) is 3.98. The lowest BCUT2D eigenvalue weighted by atomic mass is 9.96. The number of piperidine rings is 1. The Bertz CT molecular complexity index is 746. The highest BCUT2D eigenvalue weighted by Gasteiger charge is 2.29. The van der Waals surface area contributed by atoms with E-state index >= 15 is 0 Å². The number of anilines is 1. The molecule has 26 heavy (non-hydrogen) atoms. The van der Waals surface area contributed by atoms with Crippen LogP contribution in [0.4, 0.5) is 10.6 Å². The van der Waals surface area contributed by atoms with E-state index in [0.717, 1.165) is 48.3 Å². The van der Waals surface area contributed by atoms with E-state index in [1.165, 1.54) is 0 Å². The Labute approximate surface area is 155 Å². The molecule has 138 valence electrons. The van der Waals surface area contributed by atoms with Gasteiger partial charge in [0.15, 0.2) is 0 Å². The zero-order valence-electron chi connectivity index (χ0n) is 15.8. The van der Waals surface area contributed by atoms with Crippen LogP contribution in [-0.2, 0) is 11.3 Å². The zero-order valence-corrected chi connectivity index (χ0v) is 15.8. The van der Waals surface area contributed by atoms with Crippen LogP contribution in [0.2, 0.25) is 0 Å². The first kappa shape index (κ1) is 18.2. The number of hydrogen-bond acceptors (Lipinski definition) is 4. The predicted molar refractivity (Wildman–Crippen MR) is 103 cm³/mol. The molecule has 2 heterocycles. The fraction of sp³-hybridized carbons (Fsp3) is 0.429. The summed E-state index contributed by atoms with van der Waals surface area (Å²) in [6.07, 6.45) is 4.73. The molecular formula is C21H27N3O2. The Morgan fingerprint density at radius 1 is 1.27 bits per heavy atom. The summed E-state index contributed by atoms with van der Waals surface area (Å²) in [5.41, 5.74) is 3.21. The number of carbonyl (C=O) groups is 1. The normalized spacial score (nSPS) is 17.0. The lowest BCUT2D eigenvalue weighted by molar-refractivity contribution is 0.0678. The standard InChI is InChI=1S/C21H27N3O2/c1-16-13-18(14-22-20(16)23(2)3)19-11-7-8-12-24(19)21(25)26-15-17-9-5-4-6-10-17/h4-6,9-10,13-14,19H,7-8,11-12,15H2,1-3H3/t19-/m0/s1. The van der Waals surface area contributed by atoms with Crippen LogP contribution in [-0.4, -0.2) is 36.6 Å². The molecule has 0 N–H and O–H groups in total. The third kappa shape index (κ3) is 4.15. The average Bonchev–Trinajstić information content (AvgIpc) is 2.66. The highest BCUT2D eigenvalue weighted by atomic mass is 16.6. The largest absolute Gasteiger partial charge is 0.445 e. The predicted octanol–water partition coefficient (Wildman–Crippen LogP) is 4.32. The summed E-state index contributed by atoms with van der Waals surface area (Å²) < 4.78 is 5.57. The molecule has 5 heteroatoms. The minimum Gasteiger partial charge on any atom is -0.445 e. The van der Waals surface area contributed by atoms with E-state index in [-0.39, 0.29) is 12.1 Å². The molecule has 0 aliphatic carbocycles. The minimum absolute atomic E-state index is 0.0365. The van der Waals surface area contributed by atoms with Crippen LogP contribution >= 0.6 is 0 Å². The van der Waals surface area contributed by atoms with Gasteiger partial charge in [-0.1, -0.05) is 30.3 Å². The molecule has 0 spiro atoms. The summed E-state index contributed by atoms with van der Waals surface area (Å²) in [4.78, 5) is 21.1. The number of hydrogen-bond donors (Lipinski definition) is 0. The van der Waals surface area contributed by atoms with Crippen LogP contribution in [0.1, 0.15) is 42.0 Å². The summed E-state index contributed by atoms with van der Waals surface area (Å²) in [5.74, 6) is 0.961. The van der Waals surface area contributed by atoms with Crippen molar-refractivity contribution in [2.75, 3.05) is 25.5 Å². The molecule has 1 aromatic heterocycles. The number of pyridine rings is 1. The highest BCUT2D eigenvalue weighted by molar-refractivity contribution is 5.68. The molecule has 1 atom stereocenters. The lowest BCUT2D eigenvalue weighted by Gasteiger charge is -2.35. The van der Waals surface area contributed by atoms with Crippen LogP contribution in [0, 0.1) is 6.92 Å². The van der Waals surface area contributed by atoms with Gasteiger partial charge in [-0.2, -0.15) is 0 Å². The van der Waals surface area contributed by atoms with Gasteiger partial charge in [0.2, 0.25) is 0 Å². The van der Waals surface area contributed by atoms with Gasteiger partial charge in [0.1, 0.15) is 12.4 Å². The number of benzene rings is 1. The third-order valence-corrected chi connectivity index (χ3v) is 4.82. The van der Waals surface area contributed by atoms with Crippen molar-refractivity contribution in [3.63, 3.8) is 0 Å². The SMILES string of the molecule is Cc1cc([C@@H]2CCCCN2C(=O)OCc2ccccc2)cnc1N(C)C. The van der Waals surface area contributed by atoms with Crippen LogP contribution < -0.4 is 4.90 Å². The van der Waals surface area contributed by atoms with Gasteiger partial charge in [0, 0.05) is 26.8 Å². The van der Waals surface area contributed by atoms with Crippen molar-refractivity contribution in [1.82, 2.24) is 9.88 Å². The van der Waals surface area contributed by atoms with E-state index < -0.39 is 0 Å². The summed E-state index contributed by atoms with van der Waals surface area (Å²) in [6, 6.07) is 12.0. The van der Waals surface area contributed by atoms with Crippen molar-refractivity contribution < 1.29 is 9.53 Å². The molecular weight excluding hydrogens is 326 g/mol. The summed E-state index contributed by atoms with van der Waals surface area (Å²) >= 11 is 0. The van der Waals surface area contributed by atoms with Crippen molar-refractivity contribution in [2.45, 2.75) is 38.8 Å². The van der Waals surface area contributed by atoms with Crippen molar-refractivity contribution >= 4 is 11.9 Å². The molecule has 1 aliphatic heterocycles. The molecule has 5 nitrogen and oxygen atoms in total. The Balaban J connectivity index is 1.73. The van der Waals surface area contributed by atoms with Crippen molar-refractivity contribution in [3.8, 4) is 0 Å². The number of rotatable bonds is 4. The molecule has 1 aliphatic rings. The van der Waals surface area contributed by atoms with E-state index in [1.54, 1.807) is 0 Å². The van der Waals surface area contributed by atoms with E-state index in [9.17, 15) is 4.79 Å². The van der Waals surface area contributed by atoms with E-state index in [4.69, 9.17) is 4.74 Å². The fourth-order valence-corrected chi connectivity index (χ4v) is 3.54. The first-order chi connectivity index (χ1) is 12.6. The second-order valence-corrected chi connectivity index (χ2v) is 7.05. The van der Waals surface area contributed by atoms with Gasteiger partial charge >= 0.3 is 6.09 Å². The Kier molecular flexibility index (Phi) is 5.76. The molecule has 0 saturated carbocycles. The maximum absolute atomic E-state index is 12.7. The second-order valence-electron chi connectivity index (χ2n) is 7.05. The third-order valence-electron chi connectivity index (χ3n) is 4.82. The van der Waals surface area contributed by atoms with E-state index in [2.05, 4.69) is 18.0 Å². The maximum atomic E-state index is 12.7. The second kappa shape index (κ2) is 8.21. The highest BCUT2D eigenvalue weighted by Crippen LogP contribution is 2.32.